The molecule has 3 nitrogen and oxygen atoms in total. The fraction of sp³-hybridized carbons (Fsp3) is 0.211. The summed E-state index contributed by atoms with van der Waals surface area (Å²) in [5.74, 6) is 0.0839. The zero-order valence-electron chi connectivity index (χ0n) is 13.2. The van der Waals surface area contributed by atoms with Crippen LogP contribution in [0.3, 0.4) is 0 Å². The SMILES string of the molecule is Cc1cccc(C(=O)N2CCc3[nH]c4ccc(Br)cc4c3C2)c1Br. The summed E-state index contributed by atoms with van der Waals surface area (Å²) >= 11 is 7.10. The number of aromatic nitrogens is 1. The van der Waals surface area contributed by atoms with Crippen LogP contribution in [0.1, 0.15) is 27.2 Å². The number of rotatable bonds is 1. The summed E-state index contributed by atoms with van der Waals surface area (Å²) in [6, 6.07) is 12.1. The normalized spacial score (nSPS) is 14.0. The van der Waals surface area contributed by atoms with E-state index in [0.29, 0.717) is 6.54 Å². The maximum atomic E-state index is 13.0. The summed E-state index contributed by atoms with van der Waals surface area (Å²) < 4.78 is 1.95. The second-order valence-corrected chi connectivity index (χ2v) is 7.89. The Kier molecular flexibility index (Phi) is 4.01. The number of amides is 1. The van der Waals surface area contributed by atoms with Gasteiger partial charge in [-0.3, -0.25) is 4.79 Å². The van der Waals surface area contributed by atoms with Gasteiger partial charge < -0.3 is 9.88 Å². The van der Waals surface area contributed by atoms with Gasteiger partial charge in [-0.25, -0.2) is 0 Å². The number of aryl methyl sites for hydroxylation is 1. The number of hydrogen-bond acceptors (Lipinski definition) is 1. The van der Waals surface area contributed by atoms with Crippen molar-refractivity contribution >= 4 is 48.7 Å². The highest BCUT2D eigenvalue weighted by molar-refractivity contribution is 9.10. The van der Waals surface area contributed by atoms with Gasteiger partial charge in [0.05, 0.1) is 5.56 Å². The number of hydrogen-bond donors (Lipinski definition) is 1. The van der Waals surface area contributed by atoms with E-state index in [-0.39, 0.29) is 5.91 Å². The number of aromatic amines is 1. The minimum atomic E-state index is 0.0839. The Morgan fingerprint density at radius 1 is 1.21 bits per heavy atom. The lowest BCUT2D eigenvalue weighted by Gasteiger charge is -2.28. The van der Waals surface area contributed by atoms with Gasteiger partial charge in [-0.2, -0.15) is 0 Å². The molecule has 2 aromatic carbocycles. The van der Waals surface area contributed by atoms with Crippen LogP contribution in [0.4, 0.5) is 0 Å². The molecule has 0 atom stereocenters. The first-order valence-electron chi connectivity index (χ1n) is 7.88. The number of nitrogens with zero attached hydrogens (tertiary/aromatic N) is 1. The molecule has 0 bridgehead atoms. The first-order chi connectivity index (χ1) is 11.5. The maximum Gasteiger partial charge on any atom is 0.255 e. The molecule has 0 unspecified atom stereocenters. The Bertz CT molecular complexity index is 961. The van der Waals surface area contributed by atoms with Crippen LogP contribution in [0.25, 0.3) is 10.9 Å². The maximum absolute atomic E-state index is 13.0. The Morgan fingerprint density at radius 2 is 2.04 bits per heavy atom. The smallest absolute Gasteiger partial charge is 0.255 e. The van der Waals surface area contributed by atoms with Gasteiger partial charge in [0.1, 0.15) is 0 Å². The largest absolute Gasteiger partial charge is 0.358 e. The van der Waals surface area contributed by atoms with E-state index in [1.165, 1.54) is 16.6 Å². The molecule has 5 heteroatoms. The van der Waals surface area contributed by atoms with Gasteiger partial charge in [0.15, 0.2) is 0 Å². The van der Waals surface area contributed by atoms with E-state index in [9.17, 15) is 4.79 Å². The van der Waals surface area contributed by atoms with Crippen molar-refractivity contribution in [3.8, 4) is 0 Å². The number of fused-ring (bicyclic) bond motifs is 3. The van der Waals surface area contributed by atoms with Crippen LogP contribution in [0.5, 0.6) is 0 Å². The summed E-state index contributed by atoms with van der Waals surface area (Å²) in [4.78, 5) is 18.4. The van der Waals surface area contributed by atoms with Crippen molar-refractivity contribution in [3.05, 3.63) is 67.7 Å². The molecule has 0 spiro atoms. The third-order valence-corrected chi connectivity index (χ3v) is 6.19. The molecule has 0 radical (unpaired) electrons. The number of carbonyl (C=O) groups is 1. The summed E-state index contributed by atoms with van der Waals surface area (Å²) in [5, 5.41) is 1.19. The molecular formula is C19H16Br2N2O. The minimum Gasteiger partial charge on any atom is -0.358 e. The van der Waals surface area contributed by atoms with Crippen LogP contribution in [-0.2, 0) is 13.0 Å². The predicted octanol–water partition coefficient (Wildman–Crippen LogP) is 5.20. The summed E-state index contributed by atoms with van der Waals surface area (Å²) in [6.07, 6.45) is 0.858. The lowest BCUT2D eigenvalue weighted by molar-refractivity contribution is 0.0734. The summed E-state index contributed by atoms with van der Waals surface area (Å²) in [5.41, 5.74) is 5.42. The Labute approximate surface area is 157 Å². The van der Waals surface area contributed by atoms with Gasteiger partial charge in [0.25, 0.3) is 5.91 Å². The topological polar surface area (TPSA) is 36.1 Å². The molecule has 0 fully saturated rings. The first kappa shape index (κ1) is 15.9. The molecule has 1 amide bonds. The molecule has 4 rings (SSSR count). The number of halogens is 2. The molecule has 0 saturated carbocycles. The van der Waals surface area contributed by atoms with Crippen LogP contribution in [0.2, 0.25) is 0 Å². The standard InChI is InChI=1S/C19H16Br2N2O/c1-11-3-2-4-13(18(11)21)19(24)23-8-7-17-15(10-23)14-9-12(20)5-6-16(14)22-17/h2-6,9,22H,7-8,10H2,1H3. The van der Waals surface area contributed by atoms with Crippen LogP contribution >= 0.6 is 31.9 Å². The monoisotopic (exact) mass is 446 g/mol. The third-order valence-electron chi connectivity index (χ3n) is 4.65. The van der Waals surface area contributed by atoms with E-state index >= 15 is 0 Å². The molecule has 1 aliphatic rings. The highest BCUT2D eigenvalue weighted by atomic mass is 79.9. The molecule has 122 valence electrons. The number of carbonyl (C=O) groups excluding carboxylic acids is 1. The summed E-state index contributed by atoms with van der Waals surface area (Å²) in [7, 11) is 0. The highest BCUT2D eigenvalue weighted by Crippen LogP contribution is 2.31. The van der Waals surface area contributed by atoms with Gasteiger partial charge in [-0.1, -0.05) is 28.1 Å². The molecule has 0 aliphatic carbocycles. The predicted molar refractivity (Wildman–Crippen MR) is 103 cm³/mol. The van der Waals surface area contributed by atoms with Gasteiger partial charge in [0.2, 0.25) is 0 Å². The van der Waals surface area contributed by atoms with Crippen LogP contribution < -0.4 is 0 Å². The molecule has 3 aromatic rings. The highest BCUT2D eigenvalue weighted by Gasteiger charge is 2.26. The van der Waals surface area contributed by atoms with E-state index in [4.69, 9.17) is 0 Å². The molecule has 2 heterocycles. The Hall–Kier alpha value is -1.59. The Balaban J connectivity index is 1.71. The van der Waals surface area contributed by atoms with E-state index < -0.39 is 0 Å². The average molecular weight is 448 g/mol. The van der Waals surface area contributed by atoms with Crippen LogP contribution in [0.15, 0.2) is 45.3 Å². The first-order valence-corrected chi connectivity index (χ1v) is 9.46. The van der Waals surface area contributed by atoms with Gasteiger partial charge in [0, 0.05) is 50.6 Å². The fourth-order valence-electron chi connectivity index (χ4n) is 3.34. The second kappa shape index (κ2) is 6.05. The second-order valence-electron chi connectivity index (χ2n) is 6.19. The number of nitrogens with one attached hydrogen (secondary N) is 1. The van der Waals surface area contributed by atoms with Crippen molar-refractivity contribution < 1.29 is 4.79 Å². The van der Waals surface area contributed by atoms with Crippen molar-refractivity contribution in [3.63, 3.8) is 0 Å². The van der Waals surface area contributed by atoms with Gasteiger partial charge in [-0.05, 0) is 52.7 Å². The van der Waals surface area contributed by atoms with Gasteiger partial charge >= 0.3 is 0 Å². The molecule has 24 heavy (non-hydrogen) atoms. The van der Waals surface area contributed by atoms with E-state index in [0.717, 1.165) is 38.6 Å². The Morgan fingerprint density at radius 3 is 2.88 bits per heavy atom. The molecular weight excluding hydrogens is 432 g/mol. The molecule has 1 aliphatic heterocycles. The van der Waals surface area contributed by atoms with Crippen molar-refractivity contribution in [2.45, 2.75) is 19.9 Å². The zero-order valence-corrected chi connectivity index (χ0v) is 16.4. The summed E-state index contributed by atoms with van der Waals surface area (Å²) in [6.45, 7) is 3.39. The third kappa shape index (κ3) is 2.60. The fourth-order valence-corrected chi connectivity index (χ4v) is 4.14. The zero-order chi connectivity index (χ0) is 16.8. The lowest BCUT2D eigenvalue weighted by Crippen LogP contribution is -2.36. The molecule has 1 N–H and O–H groups in total. The van der Waals surface area contributed by atoms with Gasteiger partial charge in [-0.15, -0.1) is 0 Å². The molecule has 1 aromatic heterocycles. The lowest BCUT2D eigenvalue weighted by atomic mass is 10.0. The van der Waals surface area contributed by atoms with E-state index in [1.54, 1.807) is 0 Å². The number of benzene rings is 2. The van der Waals surface area contributed by atoms with Crippen LogP contribution in [0, 0.1) is 6.92 Å². The van der Waals surface area contributed by atoms with Crippen molar-refractivity contribution in [1.29, 1.82) is 0 Å². The average Bonchev–Trinajstić information content (AvgIpc) is 2.94. The minimum absolute atomic E-state index is 0.0839. The van der Waals surface area contributed by atoms with Crippen LogP contribution in [-0.4, -0.2) is 22.3 Å². The molecule has 0 saturated heterocycles. The van der Waals surface area contributed by atoms with E-state index in [2.05, 4.69) is 49.0 Å². The van der Waals surface area contributed by atoms with E-state index in [1.807, 2.05) is 36.1 Å². The quantitative estimate of drug-likeness (QED) is 0.546. The van der Waals surface area contributed by atoms with Crippen molar-refractivity contribution in [1.82, 2.24) is 9.88 Å². The number of H-pyrrole nitrogens is 1. The van der Waals surface area contributed by atoms with Crippen molar-refractivity contribution in [2.75, 3.05) is 6.54 Å². The van der Waals surface area contributed by atoms with Crippen molar-refractivity contribution in [2.24, 2.45) is 0 Å².